The summed E-state index contributed by atoms with van der Waals surface area (Å²) >= 11 is 0. The highest BCUT2D eigenvalue weighted by Gasteiger charge is 2.30. The second-order valence-electron chi connectivity index (χ2n) is 7.50. The van der Waals surface area contributed by atoms with Gasteiger partial charge in [-0.25, -0.2) is 8.42 Å². The van der Waals surface area contributed by atoms with Crippen molar-refractivity contribution >= 4 is 10.0 Å². The molecule has 0 bridgehead atoms. The maximum Gasteiger partial charge on any atom is 0.243 e. The molecule has 0 radical (unpaired) electrons. The van der Waals surface area contributed by atoms with E-state index in [0.29, 0.717) is 24.0 Å². The maximum atomic E-state index is 13.1. The summed E-state index contributed by atoms with van der Waals surface area (Å²) in [5.41, 5.74) is 4.26. The molecule has 0 aliphatic carbocycles. The van der Waals surface area contributed by atoms with Crippen molar-refractivity contribution < 1.29 is 17.9 Å². The van der Waals surface area contributed by atoms with E-state index in [-0.39, 0.29) is 6.54 Å². The van der Waals surface area contributed by atoms with Crippen molar-refractivity contribution in [3.63, 3.8) is 0 Å². The molecular weight excluding hydrogens is 362 g/mol. The third-order valence-corrected chi connectivity index (χ3v) is 7.21. The van der Waals surface area contributed by atoms with Crippen LogP contribution < -0.4 is 9.47 Å². The molecule has 0 saturated heterocycles. The van der Waals surface area contributed by atoms with E-state index in [1.807, 2.05) is 18.2 Å². The molecule has 5 nitrogen and oxygen atoms in total. The first-order valence-electron chi connectivity index (χ1n) is 9.37. The topological polar surface area (TPSA) is 55.8 Å². The van der Waals surface area contributed by atoms with Crippen LogP contribution in [0.15, 0.2) is 35.2 Å². The van der Waals surface area contributed by atoms with Crippen molar-refractivity contribution in [2.45, 2.75) is 44.0 Å². The third-order valence-electron chi connectivity index (χ3n) is 5.40. The van der Waals surface area contributed by atoms with Crippen LogP contribution in [0.3, 0.4) is 0 Å². The average Bonchev–Trinajstić information content (AvgIpc) is 3.30. The highest BCUT2D eigenvalue weighted by atomic mass is 32.2. The summed E-state index contributed by atoms with van der Waals surface area (Å²) in [6.07, 6.45) is 1.63. The molecule has 6 heteroatoms. The molecule has 0 N–H and O–H groups in total. The SMILES string of the molecule is CC(C)c1ccc(S(=O)(=O)N(C)Cc2c3c(cc4c2OCC4)OCC3)cc1. The second kappa shape index (κ2) is 6.84. The van der Waals surface area contributed by atoms with Gasteiger partial charge in [0.05, 0.1) is 18.1 Å². The van der Waals surface area contributed by atoms with Crippen molar-refractivity contribution in [2.75, 3.05) is 20.3 Å². The number of hydrogen-bond acceptors (Lipinski definition) is 4. The first kappa shape index (κ1) is 18.3. The van der Waals surface area contributed by atoms with Gasteiger partial charge in [-0.3, -0.25) is 0 Å². The molecule has 2 aromatic carbocycles. The molecule has 0 atom stereocenters. The molecule has 4 rings (SSSR count). The molecule has 0 spiro atoms. The van der Waals surface area contributed by atoms with Gasteiger partial charge in [0.1, 0.15) is 11.5 Å². The van der Waals surface area contributed by atoms with E-state index in [4.69, 9.17) is 9.47 Å². The van der Waals surface area contributed by atoms with Crippen molar-refractivity contribution in [3.05, 3.63) is 52.6 Å². The van der Waals surface area contributed by atoms with Crippen LogP contribution in [0.2, 0.25) is 0 Å². The van der Waals surface area contributed by atoms with Gasteiger partial charge in [0.15, 0.2) is 0 Å². The van der Waals surface area contributed by atoms with Crippen LogP contribution in [0.25, 0.3) is 0 Å². The number of hydrogen-bond donors (Lipinski definition) is 0. The fourth-order valence-corrected chi connectivity index (χ4v) is 4.90. The van der Waals surface area contributed by atoms with Crippen molar-refractivity contribution in [3.8, 4) is 11.5 Å². The summed E-state index contributed by atoms with van der Waals surface area (Å²) in [6.45, 7) is 5.74. The largest absolute Gasteiger partial charge is 0.493 e. The molecule has 0 amide bonds. The Bertz CT molecular complexity index is 932. The first-order chi connectivity index (χ1) is 12.9. The molecule has 0 fully saturated rings. The summed E-state index contributed by atoms with van der Waals surface area (Å²) in [7, 11) is -1.95. The summed E-state index contributed by atoms with van der Waals surface area (Å²) in [5, 5.41) is 0. The molecule has 2 aliphatic rings. The molecule has 2 aromatic rings. The lowest BCUT2D eigenvalue weighted by Gasteiger charge is -2.21. The number of ether oxygens (including phenoxy) is 2. The molecule has 27 heavy (non-hydrogen) atoms. The number of sulfonamides is 1. The highest BCUT2D eigenvalue weighted by molar-refractivity contribution is 7.89. The van der Waals surface area contributed by atoms with E-state index in [2.05, 4.69) is 13.8 Å². The predicted octanol–water partition coefficient (Wildman–Crippen LogP) is 3.50. The van der Waals surface area contributed by atoms with E-state index in [1.54, 1.807) is 19.2 Å². The van der Waals surface area contributed by atoms with Gasteiger partial charge in [-0.15, -0.1) is 0 Å². The smallest absolute Gasteiger partial charge is 0.243 e. The van der Waals surface area contributed by atoms with E-state index in [0.717, 1.165) is 46.6 Å². The van der Waals surface area contributed by atoms with Crippen molar-refractivity contribution in [2.24, 2.45) is 0 Å². The lowest BCUT2D eigenvalue weighted by Crippen LogP contribution is -2.27. The first-order valence-corrected chi connectivity index (χ1v) is 10.8. The van der Waals surface area contributed by atoms with Crippen molar-refractivity contribution in [1.29, 1.82) is 0 Å². The van der Waals surface area contributed by atoms with Crippen LogP contribution >= 0.6 is 0 Å². The maximum absolute atomic E-state index is 13.1. The van der Waals surface area contributed by atoms with Gasteiger partial charge >= 0.3 is 0 Å². The Hall–Kier alpha value is -2.05. The zero-order chi connectivity index (χ0) is 19.2. The Balaban J connectivity index is 1.65. The van der Waals surface area contributed by atoms with E-state index >= 15 is 0 Å². The van der Waals surface area contributed by atoms with Crippen LogP contribution in [0.5, 0.6) is 11.5 Å². The Kier molecular flexibility index (Phi) is 4.64. The molecule has 2 aliphatic heterocycles. The minimum Gasteiger partial charge on any atom is -0.493 e. The molecule has 0 unspecified atom stereocenters. The van der Waals surface area contributed by atoms with Gasteiger partial charge in [0.2, 0.25) is 10.0 Å². The van der Waals surface area contributed by atoms with Gasteiger partial charge in [0.25, 0.3) is 0 Å². The fraction of sp³-hybridized carbons (Fsp3) is 0.429. The van der Waals surface area contributed by atoms with Crippen LogP contribution in [-0.4, -0.2) is 33.0 Å². The standard InChI is InChI=1S/C21H25NO4S/c1-14(2)15-4-6-17(7-5-15)27(23,24)22(3)13-19-18-9-11-25-20(18)12-16-8-10-26-21(16)19/h4-7,12,14H,8-11,13H2,1-3H3. The number of benzene rings is 2. The van der Waals surface area contributed by atoms with E-state index in [9.17, 15) is 8.42 Å². The minimum absolute atomic E-state index is 0.281. The zero-order valence-electron chi connectivity index (χ0n) is 16.0. The summed E-state index contributed by atoms with van der Waals surface area (Å²) in [5.74, 6) is 2.09. The summed E-state index contributed by atoms with van der Waals surface area (Å²) in [6, 6.07) is 9.22. The van der Waals surface area contributed by atoms with Crippen molar-refractivity contribution in [1.82, 2.24) is 4.31 Å². The Morgan fingerprint density at radius 2 is 1.78 bits per heavy atom. The number of fused-ring (bicyclic) bond motifs is 2. The minimum atomic E-state index is -3.58. The predicted molar refractivity (Wildman–Crippen MR) is 104 cm³/mol. The van der Waals surface area contributed by atoms with Crippen LogP contribution in [-0.2, 0) is 29.4 Å². The van der Waals surface area contributed by atoms with E-state index in [1.165, 1.54) is 4.31 Å². The molecule has 0 saturated carbocycles. The Morgan fingerprint density at radius 3 is 2.48 bits per heavy atom. The normalized spacial score (nSPS) is 15.6. The number of nitrogens with zero attached hydrogens (tertiary/aromatic N) is 1. The monoisotopic (exact) mass is 387 g/mol. The molecule has 2 heterocycles. The van der Waals surface area contributed by atoms with Gasteiger partial charge in [-0.05, 0) is 29.7 Å². The van der Waals surface area contributed by atoms with Gasteiger partial charge in [0, 0.05) is 43.1 Å². The Morgan fingerprint density at radius 1 is 1.07 bits per heavy atom. The summed E-state index contributed by atoms with van der Waals surface area (Å²) < 4.78 is 39.1. The van der Waals surface area contributed by atoms with Gasteiger partial charge in [-0.1, -0.05) is 26.0 Å². The lowest BCUT2D eigenvalue weighted by molar-refractivity contribution is 0.348. The fourth-order valence-electron chi connectivity index (χ4n) is 3.76. The second-order valence-corrected chi connectivity index (χ2v) is 9.55. The zero-order valence-corrected chi connectivity index (χ0v) is 16.8. The van der Waals surface area contributed by atoms with Crippen LogP contribution in [0, 0.1) is 0 Å². The Labute approximate surface area is 161 Å². The van der Waals surface area contributed by atoms with Crippen LogP contribution in [0.1, 0.15) is 42.0 Å². The molecular formula is C21H25NO4S. The average molecular weight is 388 g/mol. The van der Waals surface area contributed by atoms with Crippen LogP contribution in [0.4, 0.5) is 0 Å². The number of rotatable bonds is 5. The van der Waals surface area contributed by atoms with Gasteiger partial charge in [-0.2, -0.15) is 4.31 Å². The summed E-state index contributed by atoms with van der Waals surface area (Å²) in [4.78, 5) is 0.316. The quantitative estimate of drug-likeness (QED) is 0.788. The van der Waals surface area contributed by atoms with E-state index < -0.39 is 10.0 Å². The molecule has 144 valence electrons. The third kappa shape index (κ3) is 3.21. The van der Waals surface area contributed by atoms with Gasteiger partial charge < -0.3 is 9.47 Å². The highest BCUT2D eigenvalue weighted by Crippen LogP contribution is 2.41. The molecule has 0 aromatic heterocycles. The lowest BCUT2D eigenvalue weighted by atomic mass is 9.99.